The average Bonchev–Trinajstić information content (AvgIpc) is 2.68. The molecule has 0 aliphatic rings. The maximum Gasteiger partial charge on any atom is 0.123 e. The Bertz CT molecular complexity index is 488. The van der Waals surface area contributed by atoms with Crippen LogP contribution in [0.1, 0.15) is 19.2 Å². The predicted octanol–water partition coefficient (Wildman–Crippen LogP) is 1.43. The number of aliphatic hydroxyl groups is 1. The molecule has 4 nitrogen and oxygen atoms in total. The van der Waals surface area contributed by atoms with Gasteiger partial charge in [-0.3, -0.25) is 0 Å². The Morgan fingerprint density at radius 3 is 2.82 bits per heavy atom. The predicted molar refractivity (Wildman–Crippen MR) is 68.7 cm³/mol. The summed E-state index contributed by atoms with van der Waals surface area (Å²) in [4.78, 5) is 4.57. The SMILES string of the molecule is CCC(CO)NCc1nc2ccccc2n1C. The van der Waals surface area contributed by atoms with Crippen LogP contribution in [-0.4, -0.2) is 27.3 Å². The summed E-state index contributed by atoms with van der Waals surface area (Å²) < 4.78 is 2.09. The Kier molecular flexibility index (Phi) is 3.76. The van der Waals surface area contributed by atoms with Crippen molar-refractivity contribution in [2.75, 3.05) is 6.61 Å². The molecule has 2 rings (SSSR count). The Labute approximate surface area is 101 Å². The number of aliphatic hydroxyl groups excluding tert-OH is 1. The van der Waals surface area contributed by atoms with E-state index in [1.165, 1.54) is 0 Å². The first kappa shape index (κ1) is 12.1. The zero-order valence-corrected chi connectivity index (χ0v) is 10.3. The van der Waals surface area contributed by atoms with Gasteiger partial charge in [0.1, 0.15) is 5.82 Å². The Hall–Kier alpha value is -1.39. The fourth-order valence-corrected chi connectivity index (χ4v) is 1.93. The third kappa shape index (κ3) is 2.48. The van der Waals surface area contributed by atoms with Crippen molar-refractivity contribution >= 4 is 11.0 Å². The maximum absolute atomic E-state index is 9.12. The summed E-state index contributed by atoms with van der Waals surface area (Å²) in [7, 11) is 2.02. The van der Waals surface area contributed by atoms with Crippen molar-refractivity contribution in [2.24, 2.45) is 7.05 Å². The first-order valence-electron chi connectivity index (χ1n) is 6.00. The molecule has 1 atom stereocenters. The molecule has 17 heavy (non-hydrogen) atoms. The molecule has 0 fully saturated rings. The van der Waals surface area contributed by atoms with Gasteiger partial charge >= 0.3 is 0 Å². The number of rotatable bonds is 5. The van der Waals surface area contributed by atoms with Crippen molar-refractivity contribution in [3.05, 3.63) is 30.1 Å². The number of nitrogens with one attached hydrogen (secondary N) is 1. The van der Waals surface area contributed by atoms with Crippen LogP contribution in [0.4, 0.5) is 0 Å². The lowest BCUT2D eigenvalue weighted by Gasteiger charge is -2.13. The number of benzene rings is 1. The van der Waals surface area contributed by atoms with Gasteiger partial charge in [0, 0.05) is 13.1 Å². The minimum atomic E-state index is 0.148. The van der Waals surface area contributed by atoms with Gasteiger partial charge in [0.15, 0.2) is 0 Å². The van der Waals surface area contributed by atoms with Gasteiger partial charge in [-0.1, -0.05) is 19.1 Å². The first-order chi connectivity index (χ1) is 8.26. The molecule has 0 bridgehead atoms. The van der Waals surface area contributed by atoms with Gasteiger partial charge in [-0.05, 0) is 18.6 Å². The molecule has 1 aromatic carbocycles. The zero-order chi connectivity index (χ0) is 12.3. The van der Waals surface area contributed by atoms with Gasteiger partial charge in [0.25, 0.3) is 0 Å². The summed E-state index contributed by atoms with van der Waals surface area (Å²) in [5.74, 6) is 0.998. The van der Waals surface area contributed by atoms with Gasteiger partial charge in [-0.2, -0.15) is 0 Å². The number of hydrogen-bond acceptors (Lipinski definition) is 3. The van der Waals surface area contributed by atoms with Gasteiger partial charge < -0.3 is 15.0 Å². The minimum absolute atomic E-state index is 0.148. The first-order valence-corrected chi connectivity index (χ1v) is 6.00. The van der Waals surface area contributed by atoms with E-state index < -0.39 is 0 Å². The Morgan fingerprint density at radius 2 is 2.18 bits per heavy atom. The highest BCUT2D eigenvalue weighted by Gasteiger charge is 2.09. The molecule has 2 aromatic rings. The van der Waals surface area contributed by atoms with E-state index >= 15 is 0 Å². The monoisotopic (exact) mass is 233 g/mol. The van der Waals surface area contributed by atoms with Gasteiger partial charge in [-0.25, -0.2) is 4.98 Å². The Balaban J connectivity index is 2.16. The van der Waals surface area contributed by atoms with Gasteiger partial charge in [0.05, 0.1) is 24.2 Å². The molecule has 92 valence electrons. The molecule has 1 unspecified atom stereocenters. The van der Waals surface area contributed by atoms with Crippen LogP contribution < -0.4 is 5.32 Å². The van der Waals surface area contributed by atoms with Crippen molar-refractivity contribution < 1.29 is 5.11 Å². The second kappa shape index (κ2) is 5.29. The fourth-order valence-electron chi connectivity index (χ4n) is 1.93. The van der Waals surface area contributed by atoms with E-state index in [1.54, 1.807) is 0 Å². The molecule has 0 saturated heterocycles. The number of imidazole rings is 1. The molecular weight excluding hydrogens is 214 g/mol. The van der Waals surface area contributed by atoms with E-state index in [-0.39, 0.29) is 12.6 Å². The van der Waals surface area contributed by atoms with E-state index in [0.717, 1.165) is 23.3 Å². The lowest BCUT2D eigenvalue weighted by Crippen LogP contribution is -2.32. The molecular formula is C13H19N3O. The van der Waals surface area contributed by atoms with Crippen molar-refractivity contribution in [2.45, 2.75) is 25.9 Å². The van der Waals surface area contributed by atoms with Crippen LogP contribution in [0, 0.1) is 0 Å². The molecule has 0 radical (unpaired) electrons. The van der Waals surface area contributed by atoms with Crippen molar-refractivity contribution in [3.8, 4) is 0 Å². The number of nitrogens with zero attached hydrogens (tertiary/aromatic N) is 2. The van der Waals surface area contributed by atoms with Crippen LogP contribution in [0.25, 0.3) is 11.0 Å². The highest BCUT2D eigenvalue weighted by molar-refractivity contribution is 5.75. The standard InChI is InChI=1S/C13H19N3O/c1-3-10(9-17)14-8-13-15-11-6-4-5-7-12(11)16(13)2/h4-7,10,14,17H,3,8-9H2,1-2H3. The van der Waals surface area contributed by atoms with Crippen LogP contribution in [0.3, 0.4) is 0 Å². The zero-order valence-electron chi connectivity index (χ0n) is 10.3. The second-order valence-electron chi connectivity index (χ2n) is 4.24. The molecule has 0 aliphatic heterocycles. The van der Waals surface area contributed by atoms with Crippen LogP contribution in [0.15, 0.2) is 24.3 Å². The van der Waals surface area contributed by atoms with Crippen molar-refractivity contribution in [3.63, 3.8) is 0 Å². The number of aromatic nitrogens is 2. The third-order valence-corrected chi connectivity index (χ3v) is 3.14. The third-order valence-electron chi connectivity index (χ3n) is 3.14. The van der Waals surface area contributed by atoms with E-state index in [4.69, 9.17) is 5.11 Å². The summed E-state index contributed by atoms with van der Waals surface area (Å²) in [6.07, 6.45) is 0.917. The van der Waals surface area contributed by atoms with Crippen LogP contribution in [-0.2, 0) is 13.6 Å². The van der Waals surface area contributed by atoms with Crippen LogP contribution >= 0.6 is 0 Å². The molecule has 0 aliphatic carbocycles. The van der Waals surface area contributed by atoms with E-state index in [2.05, 4.69) is 27.9 Å². The summed E-state index contributed by atoms with van der Waals surface area (Å²) in [6.45, 7) is 2.91. The molecule has 0 spiro atoms. The number of hydrogen-bond donors (Lipinski definition) is 2. The Morgan fingerprint density at radius 1 is 1.41 bits per heavy atom. The lowest BCUT2D eigenvalue weighted by molar-refractivity contribution is 0.237. The maximum atomic E-state index is 9.12. The van der Waals surface area contributed by atoms with Crippen LogP contribution in [0.2, 0.25) is 0 Å². The highest BCUT2D eigenvalue weighted by atomic mass is 16.3. The quantitative estimate of drug-likeness (QED) is 0.821. The summed E-state index contributed by atoms with van der Waals surface area (Å²) in [5.41, 5.74) is 2.16. The fraction of sp³-hybridized carbons (Fsp3) is 0.462. The van der Waals surface area contributed by atoms with Gasteiger partial charge in [0.2, 0.25) is 0 Å². The molecule has 0 amide bonds. The summed E-state index contributed by atoms with van der Waals surface area (Å²) in [6, 6.07) is 8.24. The second-order valence-corrected chi connectivity index (χ2v) is 4.24. The smallest absolute Gasteiger partial charge is 0.123 e. The van der Waals surface area contributed by atoms with E-state index in [1.807, 2.05) is 25.2 Å². The van der Waals surface area contributed by atoms with Crippen molar-refractivity contribution in [1.29, 1.82) is 0 Å². The average molecular weight is 233 g/mol. The van der Waals surface area contributed by atoms with E-state index in [9.17, 15) is 0 Å². The molecule has 0 saturated carbocycles. The molecule has 2 N–H and O–H groups in total. The summed E-state index contributed by atoms with van der Waals surface area (Å²) in [5, 5.41) is 12.4. The normalized spacial score (nSPS) is 13.1. The highest BCUT2D eigenvalue weighted by Crippen LogP contribution is 2.14. The van der Waals surface area contributed by atoms with Crippen LogP contribution in [0.5, 0.6) is 0 Å². The topological polar surface area (TPSA) is 50.1 Å². The van der Waals surface area contributed by atoms with Crippen molar-refractivity contribution in [1.82, 2.24) is 14.9 Å². The number of fused-ring (bicyclic) bond motifs is 1. The number of para-hydroxylation sites is 2. The molecule has 4 heteroatoms. The van der Waals surface area contributed by atoms with E-state index in [0.29, 0.717) is 6.54 Å². The summed E-state index contributed by atoms with van der Waals surface area (Å²) >= 11 is 0. The largest absolute Gasteiger partial charge is 0.395 e. The number of aryl methyl sites for hydroxylation is 1. The molecule has 1 aromatic heterocycles. The minimum Gasteiger partial charge on any atom is -0.395 e. The molecule has 1 heterocycles. The lowest BCUT2D eigenvalue weighted by atomic mass is 10.2. The van der Waals surface area contributed by atoms with Gasteiger partial charge in [-0.15, -0.1) is 0 Å².